The summed E-state index contributed by atoms with van der Waals surface area (Å²) >= 11 is 3.28. The predicted octanol–water partition coefficient (Wildman–Crippen LogP) is 4.70. The Bertz CT molecular complexity index is 1040. The lowest BCUT2D eigenvalue weighted by Gasteiger charge is -1.99. The first-order valence-corrected chi connectivity index (χ1v) is 10.7. The second kappa shape index (κ2) is 8.64. The van der Waals surface area contributed by atoms with Gasteiger partial charge in [-0.1, -0.05) is 41.7 Å². The maximum atomic E-state index is 5.11. The third kappa shape index (κ3) is 4.30. The lowest BCUT2D eigenvalue weighted by Crippen LogP contribution is -2.04. The fourth-order valence-electron chi connectivity index (χ4n) is 2.79. The van der Waals surface area contributed by atoms with Crippen LogP contribution in [-0.4, -0.2) is 33.5 Å². The van der Waals surface area contributed by atoms with Gasteiger partial charge in [-0.05, 0) is 13.0 Å². The van der Waals surface area contributed by atoms with E-state index in [1.807, 2.05) is 42.1 Å². The van der Waals surface area contributed by atoms with E-state index in [0.717, 1.165) is 44.2 Å². The quantitative estimate of drug-likeness (QED) is 0.455. The molecule has 0 bridgehead atoms. The van der Waals surface area contributed by atoms with Crippen LogP contribution in [0.1, 0.15) is 10.7 Å². The number of nitrogens with one attached hydrogen (secondary N) is 1. The Morgan fingerprint density at radius 3 is 2.79 bits per heavy atom. The van der Waals surface area contributed by atoms with Crippen molar-refractivity contribution >= 4 is 27.8 Å². The summed E-state index contributed by atoms with van der Waals surface area (Å²) in [6.45, 7) is 4.07. The molecule has 0 aliphatic heterocycles. The number of aromatic nitrogens is 4. The molecule has 1 aromatic carbocycles. The second-order valence-electron chi connectivity index (χ2n) is 6.24. The molecule has 0 fully saturated rings. The van der Waals surface area contributed by atoms with E-state index in [9.17, 15) is 0 Å². The minimum atomic E-state index is 0.647. The number of rotatable bonds is 8. The highest BCUT2D eigenvalue weighted by Gasteiger charge is 2.13. The van der Waals surface area contributed by atoms with Crippen molar-refractivity contribution < 1.29 is 4.74 Å². The summed E-state index contributed by atoms with van der Waals surface area (Å²) in [5.74, 6) is 0. The van der Waals surface area contributed by atoms with Gasteiger partial charge in [-0.2, -0.15) is 5.10 Å². The van der Waals surface area contributed by atoms with Gasteiger partial charge in [-0.15, -0.1) is 11.3 Å². The first kappa shape index (κ1) is 18.8. The normalized spacial score (nSPS) is 11.1. The summed E-state index contributed by atoms with van der Waals surface area (Å²) in [4.78, 5) is 10.5. The van der Waals surface area contributed by atoms with Gasteiger partial charge in [0.1, 0.15) is 10.7 Å². The Labute approximate surface area is 171 Å². The van der Waals surface area contributed by atoms with E-state index >= 15 is 0 Å². The number of anilines is 1. The Morgan fingerprint density at radius 2 is 1.96 bits per heavy atom. The zero-order chi connectivity index (χ0) is 19.3. The van der Waals surface area contributed by atoms with E-state index in [2.05, 4.69) is 32.9 Å². The molecular weight excluding hydrogens is 390 g/mol. The van der Waals surface area contributed by atoms with Crippen molar-refractivity contribution in [2.75, 3.05) is 19.0 Å². The summed E-state index contributed by atoms with van der Waals surface area (Å²) in [5, 5.41) is 12.0. The number of ether oxygens (including phenoxy) is 1. The number of methoxy groups -OCH3 is 1. The molecule has 8 heteroatoms. The topological polar surface area (TPSA) is 64.9 Å². The van der Waals surface area contributed by atoms with Crippen LogP contribution in [0.5, 0.6) is 0 Å². The first-order valence-electron chi connectivity index (χ1n) is 8.97. The van der Waals surface area contributed by atoms with Gasteiger partial charge in [0.05, 0.1) is 36.0 Å². The smallest absolute Gasteiger partial charge is 0.183 e. The second-order valence-corrected chi connectivity index (χ2v) is 8.18. The zero-order valence-electron chi connectivity index (χ0n) is 15.8. The Kier molecular flexibility index (Phi) is 5.80. The van der Waals surface area contributed by atoms with Gasteiger partial charge >= 0.3 is 0 Å². The lowest BCUT2D eigenvalue weighted by molar-refractivity contribution is 0.183. The number of thiazole rings is 2. The van der Waals surface area contributed by atoms with Gasteiger partial charge in [-0.25, -0.2) is 9.97 Å². The van der Waals surface area contributed by atoms with Crippen molar-refractivity contribution in [3.05, 3.63) is 58.7 Å². The van der Waals surface area contributed by atoms with Crippen LogP contribution in [0.25, 0.3) is 21.8 Å². The van der Waals surface area contributed by atoms with Gasteiger partial charge in [0.15, 0.2) is 5.13 Å². The van der Waals surface area contributed by atoms with Crippen LogP contribution in [0, 0.1) is 6.92 Å². The number of aryl methyl sites for hydroxylation is 1. The van der Waals surface area contributed by atoms with Crippen LogP contribution in [-0.2, 0) is 17.8 Å². The molecule has 3 aromatic heterocycles. The minimum absolute atomic E-state index is 0.647. The van der Waals surface area contributed by atoms with Gasteiger partial charge in [-0.3, -0.25) is 4.68 Å². The summed E-state index contributed by atoms with van der Waals surface area (Å²) in [5.41, 5.74) is 4.08. The molecular formula is C20H21N5OS2. The molecule has 4 aromatic rings. The van der Waals surface area contributed by atoms with Crippen molar-refractivity contribution in [3.63, 3.8) is 0 Å². The van der Waals surface area contributed by atoms with E-state index in [0.29, 0.717) is 13.2 Å². The van der Waals surface area contributed by atoms with Crippen LogP contribution >= 0.6 is 22.7 Å². The molecule has 4 rings (SSSR count). The molecule has 0 aliphatic carbocycles. The van der Waals surface area contributed by atoms with Crippen molar-refractivity contribution in [3.8, 4) is 21.8 Å². The number of hydrogen-bond donors (Lipinski definition) is 1. The van der Waals surface area contributed by atoms with E-state index in [4.69, 9.17) is 9.72 Å². The Balaban J connectivity index is 1.42. The molecule has 0 saturated carbocycles. The highest BCUT2D eigenvalue weighted by Crippen LogP contribution is 2.32. The summed E-state index contributed by atoms with van der Waals surface area (Å²) in [6, 6.07) is 12.3. The first-order chi connectivity index (χ1) is 13.7. The standard InChI is InChI=1S/C20H21N5OS2/c1-14-19(16-8-9-25(24-16)10-11-26-2)28-20(22-14)21-12-18-23-17(13-27-18)15-6-4-3-5-7-15/h3-9,13H,10-12H2,1-2H3,(H,21,22). The predicted molar refractivity (Wildman–Crippen MR) is 115 cm³/mol. The molecule has 144 valence electrons. The van der Waals surface area contributed by atoms with Crippen LogP contribution in [0.3, 0.4) is 0 Å². The molecule has 3 heterocycles. The summed E-state index contributed by atoms with van der Waals surface area (Å²) in [7, 11) is 1.70. The largest absolute Gasteiger partial charge is 0.383 e. The molecule has 0 unspecified atom stereocenters. The maximum Gasteiger partial charge on any atom is 0.183 e. The van der Waals surface area contributed by atoms with Crippen molar-refractivity contribution in [2.24, 2.45) is 0 Å². The zero-order valence-corrected chi connectivity index (χ0v) is 17.4. The van der Waals surface area contributed by atoms with Crippen LogP contribution in [0.2, 0.25) is 0 Å². The van der Waals surface area contributed by atoms with Gasteiger partial charge < -0.3 is 10.1 Å². The monoisotopic (exact) mass is 411 g/mol. The highest BCUT2D eigenvalue weighted by molar-refractivity contribution is 7.19. The molecule has 0 radical (unpaired) electrons. The van der Waals surface area contributed by atoms with Crippen molar-refractivity contribution in [1.82, 2.24) is 19.7 Å². The van der Waals surface area contributed by atoms with Crippen molar-refractivity contribution in [2.45, 2.75) is 20.0 Å². The maximum absolute atomic E-state index is 5.11. The van der Waals surface area contributed by atoms with E-state index in [-0.39, 0.29) is 0 Å². The van der Waals surface area contributed by atoms with E-state index < -0.39 is 0 Å². The Hall–Kier alpha value is -2.55. The van der Waals surface area contributed by atoms with Crippen LogP contribution in [0.15, 0.2) is 48.0 Å². The van der Waals surface area contributed by atoms with Gasteiger partial charge in [0, 0.05) is 24.3 Å². The van der Waals surface area contributed by atoms with Crippen LogP contribution < -0.4 is 5.32 Å². The van der Waals surface area contributed by atoms with Gasteiger partial charge in [0.2, 0.25) is 0 Å². The minimum Gasteiger partial charge on any atom is -0.383 e. The molecule has 0 atom stereocenters. The third-order valence-electron chi connectivity index (χ3n) is 4.21. The SMILES string of the molecule is COCCn1ccc(-c2sc(NCc3nc(-c4ccccc4)cs3)nc2C)n1. The summed E-state index contributed by atoms with van der Waals surface area (Å²) in [6.07, 6.45) is 1.97. The third-order valence-corrected chi connectivity index (χ3v) is 6.19. The number of hydrogen-bond acceptors (Lipinski definition) is 7. The molecule has 0 spiro atoms. The number of nitrogens with zero attached hydrogens (tertiary/aromatic N) is 4. The number of benzene rings is 1. The van der Waals surface area contributed by atoms with Gasteiger partial charge in [0.25, 0.3) is 0 Å². The molecule has 0 aliphatic rings. The molecule has 1 N–H and O–H groups in total. The highest BCUT2D eigenvalue weighted by atomic mass is 32.1. The van der Waals surface area contributed by atoms with Crippen molar-refractivity contribution in [1.29, 1.82) is 0 Å². The van der Waals surface area contributed by atoms with E-state index in [1.165, 1.54) is 0 Å². The lowest BCUT2D eigenvalue weighted by atomic mass is 10.2. The average molecular weight is 412 g/mol. The Morgan fingerprint density at radius 1 is 1.11 bits per heavy atom. The molecule has 28 heavy (non-hydrogen) atoms. The molecule has 0 amide bonds. The van der Waals surface area contributed by atoms with Crippen LogP contribution in [0.4, 0.5) is 5.13 Å². The fourth-order valence-corrected chi connectivity index (χ4v) is 4.46. The fraction of sp³-hybridized carbons (Fsp3) is 0.250. The summed E-state index contributed by atoms with van der Waals surface area (Å²) < 4.78 is 7.00. The average Bonchev–Trinajstić information content (AvgIpc) is 3.45. The molecule has 0 saturated heterocycles. The molecule has 6 nitrogen and oxygen atoms in total. The van der Waals surface area contributed by atoms with E-state index in [1.54, 1.807) is 29.8 Å².